The second-order valence-electron chi connectivity index (χ2n) is 2.99. The molecule has 0 aliphatic heterocycles. The van der Waals surface area contributed by atoms with Crippen LogP contribution < -0.4 is 0 Å². The van der Waals surface area contributed by atoms with Crippen LogP contribution in [0.2, 0.25) is 0 Å². The van der Waals surface area contributed by atoms with Gasteiger partial charge in [-0.3, -0.25) is 0 Å². The molecule has 0 fully saturated rings. The second kappa shape index (κ2) is 4.61. The summed E-state index contributed by atoms with van der Waals surface area (Å²) >= 11 is 4.72. The van der Waals surface area contributed by atoms with Crippen LogP contribution in [0.4, 0.5) is 0 Å². The molecule has 0 nitrogen and oxygen atoms in total. The van der Waals surface area contributed by atoms with Crippen molar-refractivity contribution in [3.05, 3.63) is 55.7 Å². The van der Waals surface area contributed by atoms with Crippen LogP contribution in [0.15, 0.2) is 48.5 Å². The minimum atomic E-state index is 1.28. The van der Waals surface area contributed by atoms with Crippen molar-refractivity contribution < 1.29 is 0 Å². The molecule has 0 atom stereocenters. The van der Waals surface area contributed by atoms with Gasteiger partial charge in [0.25, 0.3) is 0 Å². The van der Waals surface area contributed by atoms with Gasteiger partial charge in [0.15, 0.2) is 0 Å². The van der Waals surface area contributed by atoms with Gasteiger partial charge in [0, 0.05) is 7.14 Å². The van der Waals surface area contributed by atoms with Gasteiger partial charge in [0.2, 0.25) is 0 Å². The molecule has 0 spiro atoms. The van der Waals surface area contributed by atoms with Gasteiger partial charge >= 0.3 is 0 Å². The van der Waals surface area contributed by atoms with E-state index in [2.05, 4.69) is 87.6 Å². The van der Waals surface area contributed by atoms with Gasteiger partial charge in [-0.25, -0.2) is 0 Å². The molecule has 70 valence electrons. The average molecular weight is 406 g/mol. The zero-order chi connectivity index (χ0) is 9.97. The molecule has 0 N–H and O–H groups in total. The van der Waals surface area contributed by atoms with Crippen LogP contribution in [0.1, 0.15) is 0 Å². The molecule has 0 aromatic heterocycles. The first kappa shape index (κ1) is 10.4. The maximum atomic E-state index is 2.38. The quantitative estimate of drug-likeness (QED) is 0.610. The van der Waals surface area contributed by atoms with E-state index in [1.807, 2.05) is 6.07 Å². The SMILES string of the molecule is Ic1ccc(I)c(-c2ccccc2)c1. The predicted octanol–water partition coefficient (Wildman–Crippen LogP) is 4.56. The normalized spacial score (nSPS) is 10.1. The summed E-state index contributed by atoms with van der Waals surface area (Å²) in [5.41, 5.74) is 2.61. The topological polar surface area (TPSA) is 0 Å². The van der Waals surface area contributed by atoms with Gasteiger partial charge in [-0.05, 0) is 74.5 Å². The summed E-state index contributed by atoms with van der Waals surface area (Å²) in [6.45, 7) is 0. The van der Waals surface area contributed by atoms with Crippen LogP contribution in [0, 0.1) is 7.14 Å². The van der Waals surface area contributed by atoms with Crippen LogP contribution in [0.25, 0.3) is 11.1 Å². The summed E-state index contributed by atoms with van der Waals surface area (Å²) in [4.78, 5) is 0. The van der Waals surface area contributed by atoms with Crippen molar-refractivity contribution in [1.29, 1.82) is 0 Å². The number of halogens is 2. The van der Waals surface area contributed by atoms with Crippen molar-refractivity contribution in [3.8, 4) is 11.1 Å². The monoisotopic (exact) mass is 406 g/mol. The highest BCUT2D eigenvalue weighted by Gasteiger charge is 2.02. The second-order valence-corrected chi connectivity index (χ2v) is 5.40. The molecule has 0 saturated carbocycles. The zero-order valence-corrected chi connectivity index (χ0v) is 11.7. The van der Waals surface area contributed by atoms with Gasteiger partial charge in [-0.1, -0.05) is 30.3 Å². The van der Waals surface area contributed by atoms with E-state index >= 15 is 0 Å². The highest BCUT2D eigenvalue weighted by atomic mass is 127. The van der Waals surface area contributed by atoms with E-state index in [9.17, 15) is 0 Å². The Morgan fingerprint density at radius 3 is 2.21 bits per heavy atom. The lowest BCUT2D eigenvalue weighted by molar-refractivity contribution is 1.55. The molecule has 0 radical (unpaired) electrons. The van der Waals surface area contributed by atoms with Crippen LogP contribution >= 0.6 is 45.2 Å². The molecule has 2 rings (SSSR count). The fourth-order valence-electron chi connectivity index (χ4n) is 1.34. The zero-order valence-electron chi connectivity index (χ0n) is 7.37. The summed E-state index contributed by atoms with van der Waals surface area (Å²) in [6.07, 6.45) is 0. The average Bonchev–Trinajstić information content (AvgIpc) is 2.23. The Balaban J connectivity index is 2.57. The van der Waals surface area contributed by atoms with Gasteiger partial charge < -0.3 is 0 Å². The molecule has 14 heavy (non-hydrogen) atoms. The predicted molar refractivity (Wildman–Crippen MR) is 77.3 cm³/mol. The summed E-state index contributed by atoms with van der Waals surface area (Å²) in [6, 6.07) is 17.0. The Labute approximate surface area is 111 Å². The van der Waals surface area contributed by atoms with E-state index in [-0.39, 0.29) is 0 Å². The van der Waals surface area contributed by atoms with Gasteiger partial charge in [0.05, 0.1) is 0 Å². The van der Waals surface area contributed by atoms with Crippen molar-refractivity contribution in [3.63, 3.8) is 0 Å². The van der Waals surface area contributed by atoms with Gasteiger partial charge in [-0.2, -0.15) is 0 Å². The lowest BCUT2D eigenvalue weighted by atomic mass is 10.1. The molecule has 0 saturated heterocycles. The van der Waals surface area contributed by atoms with Crippen molar-refractivity contribution in [1.82, 2.24) is 0 Å². The molecule has 2 aromatic rings. The minimum absolute atomic E-state index is 1.28. The molecular weight excluding hydrogens is 398 g/mol. The fraction of sp³-hybridized carbons (Fsp3) is 0. The highest BCUT2D eigenvalue weighted by molar-refractivity contribution is 14.1. The van der Waals surface area contributed by atoms with Gasteiger partial charge in [-0.15, -0.1) is 0 Å². The fourth-order valence-corrected chi connectivity index (χ4v) is 2.47. The van der Waals surface area contributed by atoms with E-state index in [4.69, 9.17) is 0 Å². The van der Waals surface area contributed by atoms with Crippen molar-refractivity contribution in [2.75, 3.05) is 0 Å². The van der Waals surface area contributed by atoms with Crippen molar-refractivity contribution >= 4 is 45.2 Å². The maximum Gasteiger partial charge on any atom is 0.0209 e. The summed E-state index contributed by atoms with van der Waals surface area (Å²) in [5.74, 6) is 0. The van der Waals surface area contributed by atoms with Crippen LogP contribution in [-0.2, 0) is 0 Å². The summed E-state index contributed by atoms with van der Waals surface area (Å²) in [5, 5.41) is 0. The molecule has 0 heterocycles. The van der Waals surface area contributed by atoms with Crippen molar-refractivity contribution in [2.24, 2.45) is 0 Å². The number of hydrogen-bond acceptors (Lipinski definition) is 0. The van der Waals surface area contributed by atoms with E-state index in [0.717, 1.165) is 0 Å². The van der Waals surface area contributed by atoms with Crippen LogP contribution in [0.3, 0.4) is 0 Å². The number of hydrogen-bond donors (Lipinski definition) is 0. The lowest BCUT2D eigenvalue weighted by Crippen LogP contribution is -1.83. The van der Waals surface area contributed by atoms with Crippen LogP contribution in [0.5, 0.6) is 0 Å². The smallest absolute Gasteiger partial charge is 0.0209 e. The molecule has 0 bridgehead atoms. The molecule has 0 aliphatic carbocycles. The minimum Gasteiger partial charge on any atom is -0.0622 e. The van der Waals surface area contributed by atoms with Crippen LogP contribution in [-0.4, -0.2) is 0 Å². The molecular formula is C12H8I2. The summed E-state index contributed by atoms with van der Waals surface area (Å²) in [7, 11) is 0. The largest absolute Gasteiger partial charge is 0.0622 e. The van der Waals surface area contributed by atoms with E-state index in [1.54, 1.807) is 0 Å². The molecule has 2 aromatic carbocycles. The summed E-state index contributed by atoms with van der Waals surface area (Å²) < 4.78 is 2.58. The molecule has 0 aliphatic rings. The Kier molecular flexibility index (Phi) is 3.43. The van der Waals surface area contributed by atoms with E-state index in [1.165, 1.54) is 18.3 Å². The first-order valence-corrected chi connectivity index (χ1v) is 6.43. The third-order valence-corrected chi connectivity index (χ3v) is 3.62. The third kappa shape index (κ3) is 2.28. The Bertz CT molecular complexity index is 435. The Morgan fingerprint density at radius 1 is 0.786 bits per heavy atom. The first-order chi connectivity index (χ1) is 6.77. The molecule has 2 heteroatoms. The third-order valence-electron chi connectivity index (χ3n) is 2.01. The molecule has 0 amide bonds. The van der Waals surface area contributed by atoms with E-state index in [0.29, 0.717) is 0 Å². The lowest BCUT2D eigenvalue weighted by Gasteiger charge is -2.04. The van der Waals surface area contributed by atoms with Crippen molar-refractivity contribution in [2.45, 2.75) is 0 Å². The highest BCUT2D eigenvalue weighted by Crippen LogP contribution is 2.26. The number of rotatable bonds is 1. The first-order valence-electron chi connectivity index (χ1n) is 4.28. The maximum absolute atomic E-state index is 2.38. The van der Waals surface area contributed by atoms with E-state index < -0.39 is 0 Å². The Hall–Kier alpha value is -0.100. The standard InChI is InChI=1S/C12H8I2/c13-10-6-7-12(14)11(8-10)9-4-2-1-3-5-9/h1-8H. The number of benzene rings is 2. The molecule has 0 unspecified atom stereocenters. The van der Waals surface area contributed by atoms with Gasteiger partial charge in [0.1, 0.15) is 0 Å². The Morgan fingerprint density at radius 2 is 1.50 bits per heavy atom.